The third-order valence-corrected chi connectivity index (χ3v) is 3.17. The lowest BCUT2D eigenvalue weighted by molar-refractivity contribution is -0.149. The first-order valence-corrected chi connectivity index (χ1v) is 6.69. The van der Waals surface area contributed by atoms with Gasteiger partial charge in [0, 0.05) is 11.6 Å². The van der Waals surface area contributed by atoms with E-state index in [4.69, 9.17) is 25.8 Å². The monoisotopic (exact) mass is 284 g/mol. The minimum atomic E-state index is -0.384. The highest BCUT2D eigenvalue weighted by Crippen LogP contribution is 2.21. The number of carbonyl (C=O) groups excluding carboxylic acids is 1. The van der Waals surface area contributed by atoms with Gasteiger partial charge < -0.3 is 14.2 Å². The number of hydrogen-bond donors (Lipinski definition) is 0. The molecule has 1 saturated heterocycles. The lowest BCUT2D eigenvalue weighted by atomic mass is 10.2. The van der Waals surface area contributed by atoms with Crippen molar-refractivity contribution in [3.8, 4) is 5.75 Å². The zero-order valence-corrected chi connectivity index (χ0v) is 11.6. The molecular weight excluding hydrogens is 268 g/mol. The summed E-state index contributed by atoms with van der Waals surface area (Å²) in [7, 11) is 0. The van der Waals surface area contributed by atoms with Gasteiger partial charge in [0.25, 0.3) is 0 Å². The first kappa shape index (κ1) is 14.2. The van der Waals surface area contributed by atoms with Gasteiger partial charge in [0.05, 0.1) is 6.10 Å². The van der Waals surface area contributed by atoms with E-state index in [2.05, 4.69) is 0 Å². The zero-order chi connectivity index (χ0) is 13.7. The van der Waals surface area contributed by atoms with Gasteiger partial charge in [-0.25, -0.2) is 4.79 Å². The topological polar surface area (TPSA) is 44.8 Å². The number of rotatable bonds is 5. The van der Waals surface area contributed by atoms with E-state index in [1.165, 1.54) is 0 Å². The average molecular weight is 285 g/mol. The van der Waals surface area contributed by atoms with E-state index in [0.717, 1.165) is 25.0 Å². The molecule has 1 fully saturated rings. The summed E-state index contributed by atoms with van der Waals surface area (Å²) in [5.41, 5.74) is 0.888. The molecule has 0 spiro atoms. The number of halogens is 1. The first-order valence-electron chi connectivity index (χ1n) is 6.31. The van der Waals surface area contributed by atoms with Crippen LogP contribution in [0.15, 0.2) is 18.2 Å². The van der Waals surface area contributed by atoms with Crippen LogP contribution < -0.4 is 4.74 Å². The normalized spacial score (nSPS) is 18.3. The predicted octanol–water partition coefficient (Wildman–Crippen LogP) is 2.75. The summed E-state index contributed by atoms with van der Waals surface area (Å²) in [6.07, 6.45) is 2.02. The fraction of sp³-hybridized carbons (Fsp3) is 0.500. The number of carbonyl (C=O) groups is 1. The predicted molar refractivity (Wildman–Crippen MR) is 71.6 cm³/mol. The Morgan fingerprint density at radius 1 is 1.53 bits per heavy atom. The third-order valence-electron chi connectivity index (χ3n) is 2.94. The third kappa shape index (κ3) is 4.40. The molecule has 1 heterocycles. The molecule has 1 atom stereocenters. The molecule has 0 aromatic heterocycles. The van der Waals surface area contributed by atoms with Crippen LogP contribution in [0.1, 0.15) is 18.4 Å². The average Bonchev–Trinajstić information content (AvgIpc) is 2.88. The van der Waals surface area contributed by atoms with E-state index >= 15 is 0 Å². The van der Waals surface area contributed by atoms with Crippen LogP contribution in [-0.2, 0) is 14.3 Å². The molecule has 0 saturated carbocycles. The van der Waals surface area contributed by atoms with Crippen LogP contribution in [0.5, 0.6) is 5.75 Å². The van der Waals surface area contributed by atoms with Gasteiger partial charge in [0.2, 0.25) is 0 Å². The van der Waals surface area contributed by atoms with Crippen molar-refractivity contribution >= 4 is 17.6 Å². The molecule has 4 nitrogen and oxygen atoms in total. The SMILES string of the molecule is Cc1cc(Cl)ccc1OCC(=O)OCC1CCCO1. The summed E-state index contributed by atoms with van der Waals surface area (Å²) in [6, 6.07) is 5.25. The molecule has 0 N–H and O–H groups in total. The molecule has 0 bridgehead atoms. The Balaban J connectivity index is 1.73. The largest absolute Gasteiger partial charge is 0.482 e. The zero-order valence-electron chi connectivity index (χ0n) is 10.9. The Morgan fingerprint density at radius 3 is 3.05 bits per heavy atom. The smallest absolute Gasteiger partial charge is 0.344 e. The van der Waals surface area contributed by atoms with Crippen LogP contribution >= 0.6 is 11.6 Å². The minimum absolute atomic E-state index is 0.0428. The summed E-state index contributed by atoms with van der Waals surface area (Å²) in [4.78, 5) is 11.5. The molecule has 0 amide bonds. The maximum Gasteiger partial charge on any atom is 0.344 e. The Hall–Kier alpha value is -1.26. The second kappa shape index (κ2) is 6.78. The molecule has 1 aromatic carbocycles. The molecular formula is C14H17ClO4. The van der Waals surface area contributed by atoms with E-state index in [9.17, 15) is 4.79 Å². The van der Waals surface area contributed by atoms with E-state index in [1.807, 2.05) is 6.92 Å². The van der Waals surface area contributed by atoms with Crippen LogP contribution in [0.4, 0.5) is 0 Å². The molecule has 0 aliphatic carbocycles. The molecule has 0 radical (unpaired) electrons. The van der Waals surface area contributed by atoms with Crippen molar-refractivity contribution in [1.82, 2.24) is 0 Å². The number of benzene rings is 1. The maximum atomic E-state index is 11.5. The number of aryl methyl sites for hydroxylation is 1. The second-order valence-electron chi connectivity index (χ2n) is 4.52. The maximum absolute atomic E-state index is 11.5. The number of esters is 1. The summed E-state index contributed by atoms with van der Waals surface area (Å²) in [5.74, 6) is 0.253. The second-order valence-corrected chi connectivity index (χ2v) is 4.95. The van der Waals surface area contributed by atoms with Crippen LogP contribution in [0.25, 0.3) is 0 Å². The van der Waals surface area contributed by atoms with Gasteiger partial charge in [-0.1, -0.05) is 11.6 Å². The molecule has 2 rings (SSSR count). The Labute approximate surface area is 117 Å². The van der Waals surface area contributed by atoms with E-state index in [0.29, 0.717) is 17.4 Å². The molecule has 19 heavy (non-hydrogen) atoms. The van der Waals surface area contributed by atoms with E-state index < -0.39 is 0 Å². The number of ether oxygens (including phenoxy) is 3. The van der Waals surface area contributed by atoms with Crippen LogP contribution in [-0.4, -0.2) is 31.9 Å². The standard InChI is InChI=1S/C14H17ClO4/c1-10-7-11(15)4-5-13(10)18-9-14(16)19-8-12-3-2-6-17-12/h4-5,7,12H,2-3,6,8-9H2,1H3. The fourth-order valence-corrected chi connectivity index (χ4v) is 2.14. The van der Waals surface area contributed by atoms with Crippen molar-refractivity contribution in [2.24, 2.45) is 0 Å². The van der Waals surface area contributed by atoms with Crippen molar-refractivity contribution in [3.05, 3.63) is 28.8 Å². The summed E-state index contributed by atoms with van der Waals surface area (Å²) >= 11 is 5.84. The molecule has 1 aromatic rings. The van der Waals surface area contributed by atoms with Crippen molar-refractivity contribution in [2.45, 2.75) is 25.9 Å². The summed E-state index contributed by atoms with van der Waals surface area (Å²) in [5, 5.41) is 0.644. The van der Waals surface area contributed by atoms with Gasteiger partial charge in [0.15, 0.2) is 6.61 Å². The van der Waals surface area contributed by atoms with Gasteiger partial charge in [-0.05, 0) is 43.5 Å². The van der Waals surface area contributed by atoms with E-state index in [-0.39, 0.29) is 18.7 Å². The number of hydrogen-bond acceptors (Lipinski definition) is 4. The van der Waals surface area contributed by atoms with Gasteiger partial charge in [-0.15, -0.1) is 0 Å². The molecule has 1 unspecified atom stereocenters. The lowest BCUT2D eigenvalue weighted by Gasteiger charge is -2.11. The van der Waals surface area contributed by atoms with Crippen LogP contribution in [0, 0.1) is 6.92 Å². The highest BCUT2D eigenvalue weighted by Gasteiger charge is 2.17. The Kier molecular flexibility index (Phi) is 5.05. The van der Waals surface area contributed by atoms with Crippen molar-refractivity contribution in [1.29, 1.82) is 0 Å². The van der Waals surface area contributed by atoms with Crippen LogP contribution in [0.2, 0.25) is 5.02 Å². The minimum Gasteiger partial charge on any atom is -0.482 e. The first-order chi connectivity index (χ1) is 9.15. The fourth-order valence-electron chi connectivity index (χ4n) is 1.91. The van der Waals surface area contributed by atoms with E-state index in [1.54, 1.807) is 18.2 Å². The van der Waals surface area contributed by atoms with Gasteiger partial charge in [-0.2, -0.15) is 0 Å². The van der Waals surface area contributed by atoms with Crippen molar-refractivity contribution in [2.75, 3.05) is 19.8 Å². The molecule has 1 aliphatic heterocycles. The van der Waals surface area contributed by atoms with Gasteiger partial charge in [0.1, 0.15) is 12.4 Å². The Morgan fingerprint density at radius 2 is 2.37 bits per heavy atom. The Bertz CT molecular complexity index is 441. The van der Waals surface area contributed by atoms with Crippen molar-refractivity contribution < 1.29 is 19.0 Å². The van der Waals surface area contributed by atoms with Crippen molar-refractivity contribution in [3.63, 3.8) is 0 Å². The molecule has 1 aliphatic rings. The summed E-state index contributed by atoms with van der Waals surface area (Å²) < 4.78 is 15.9. The lowest BCUT2D eigenvalue weighted by Crippen LogP contribution is -2.21. The van der Waals surface area contributed by atoms with Crippen LogP contribution in [0.3, 0.4) is 0 Å². The van der Waals surface area contributed by atoms with Gasteiger partial charge in [-0.3, -0.25) is 0 Å². The highest BCUT2D eigenvalue weighted by molar-refractivity contribution is 6.30. The summed E-state index contributed by atoms with van der Waals surface area (Å²) in [6.45, 7) is 2.83. The van der Waals surface area contributed by atoms with Gasteiger partial charge >= 0.3 is 5.97 Å². The quantitative estimate of drug-likeness (QED) is 0.780. The highest BCUT2D eigenvalue weighted by atomic mass is 35.5. The molecule has 5 heteroatoms. The molecule has 104 valence electrons.